The summed E-state index contributed by atoms with van der Waals surface area (Å²) >= 11 is 0. The van der Waals surface area contributed by atoms with Crippen molar-refractivity contribution in [3.05, 3.63) is 0 Å². The summed E-state index contributed by atoms with van der Waals surface area (Å²) < 4.78 is 0. The molecule has 0 aromatic rings. The Morgan fingerprint density at radius 3 is 1.17 bits per heavy atom. The van der Waals surface area contributed by atoms with Crippen LogP contribution < -0.4 is 42.0 Å². The standard InChI is InChI=1S/C9H21N.ClH.Na/c1-4-7-10(8-5-2)9-6-3;;/h4-9H2,1-3H3;1H;/q;;+1/p-1. The first kappa shape index (κ1) is 18.9. The predicted molar refractivity (Wildman–Crippen MR) is 47.3 cm³/mol. The fourth-order valence-electron chi connectivity index (χ4n) is 1.28. The van der Waals surface area contributed by atoms with Crippen LogP contribution in [-0.2, 0) is 0 Å². The van der Waals surface area contributed by atoms with Gasteiger partial charge in [0.15, 0.2) is 0 Å². The molecule has 70 valence electrons. The molecule has 0 aliphatic heterocycles. The van der Waals surface area contributed by atoms with Gasteiger partial charge in [0.25, 0.3) is 0 Å². The van der Waals surface area contributed by atoms with Gasteiger partial charge in [-0.3, -0.25) is 0 Å². The minimum atomic E-state index is 0. The Kier molecular flexibility index (Phi) is 23.3. The monoisotopic (exact) mass is 201 g/mol. The first-order chi connectivity index (χ1) is 4.85. The molecule has 0 bridgehead atoms. The van der Waals surface area contributed by atoms with Gasteiger partial charge in [-0.15, -0.1) is 0 Å². The third-order valence-corrected chi connectivity index (χ3v) is 1.62. The predicted octanol–water partition coefficient (Wildman–Crippen LogP) is -3.47. The number of halogens is 1. The zero-order valence-electron chi connectivity index (χ0n) is 9.07. The van der Waals surface area contributed by atoms with Gasteiger partial charge in [0.2, 0.25) is 0 Å². The van der Waals surface area contributed by atoms with E-state index in [1.165, 1.54) is 38.9 Å². The molecule has 0 N–H and O–H groups in total. The molecule has 0 rings (SSSR count). The Morgan fingerprint density at radius 1 is 0.750 bits per heavy atom. The van der Waals surface area contributed by atoms with Gasteiger partial charge in [-0.25, -0.2) is 0 Å². The molecular formula is C9H21ClNNa. The zero-order chi connectivity index (χ0) is 7.82. The van der Waals surface area contributed by atoms with Crippen LogP contribution in [0.15, 0.2) is 0 Å². The average molecular weight is 202 g/mol. The van der Waals surface area contributed by atoms with E-state index in [1.54, 1.807) is 0 Å². The SMILES string of the molecule is CCCN(CCC)CCC.[Cl-].[Na+]. The number of hydrogen-bond acceptors (Lipinski definition) is 1. The molecule has 0 atom stereocenters. The molecule has 1 nitrogen and oxygen atoms in total. The summed E-state index contributed by atoms with van der Waals surface area (Å²) in [4.78, 5) is 2.54. The maximum Gasteiger partial charge on any atom is 1.00 e. The topological polar surface area (TPSA) is 3.24 Å². The first-order valence-corrected chi connectivity index (χ1v) is 4.57. The molecule has 0 spiro atoms. The summed E-state index contributed by atoms with van der Waals surface area (Å²) in [6, 6.07) is 0. The van der Waals surface area contributed by atoms with Crippen molar-refractivity contribution in [3.63, 3.8) is 0 Å². The summed E-state index contributed by atoms with van der Waals surface area (Å²) in [6.07, 6.45) is 3.88. The average Bonchev–Trinajstić information content (AvgIpc) is 1.90. The third kappa shape index (κ3) is 11.2. The molecule has 3 heteroatoms. The van der Waals surface area contributed by atoms with Crippen LogP contribution >= 0.6 is 0 Å². The van der Waals surface area contributed by atoms with Crippen LogP contribution in [0.2, 0.25) is 0 Å². The smallest absolute Gasteiger partial charge is 1.00 e. The third-order valence-electron chi connectivity index (χ3n) is 1.62. The Labute approximate surface area is 106 Å². The summed E-state index contributed by atoms with van der Waals surface area (Å²) in [5.41, 5.74) is 0. The van der Waals surface area contributed by atoms with Crippen LogP contribution in [0.5, 0.6) is 0 Å². The molecule has 0 heterocycles. The van der Waals surface area contributed by atoms with Crippen LogP contribution in [0.1, 0.15) is 40.0 Å². The van der Waals surface area contributed by atoms with Gasteiger partial charge in [-0.1, -0.05) is 20.8 Å². The van der Waals surface area contributed by atoms with Crippen molar-refractivity contribution >= 4 is 0 Å². The Hall–Kier alpha value is 1.25. The maximum absolute atomic E-state index is 2.54. The molecule has 0 saturated heterocycles. The molecule has 0 radical (unpaired) electrons. The van der Waals surface area contributed by atoms with Gasteiger partial charge in [0.05, 0.1) is 0 Å². The summed E-state index contributed by atoms with van der Waals surface area (Å²) in [7, 11) is 0. The molecule has 0 unspecified atom stereocenters. The van der Waals surface area contributed by atoms with E-state index in [0.717, 1.165) is 0 Å². The zero-order valence-corrected chi connectivity index (χ0v) is 11.8. The number of nitrogens with zero attached hydrogens (tertiary/aromatic N) is 1. The normalized spacial score (nSPS) is 9.00. The second kappa shape index (κ2) is 14.8. The van der Waals surface area contributed by atoms with Crippen LogP contribution in [0.4, 0.5) is 0 Å². The van der Waals surface area contributed by atoms with E-state index in [4.69, 9.17) is 0 Å². The second-order valence-electron chi connectivity index (χ2n) is 2.84. The quantitative estimate of drug-likeness (QED) is 0.404. The Balaban J connectivity index is -0.000000405. The molecule has 0 aliphatic rings. The second-order valence-corrected chi connectivity index (χ2v) is 2.84. The van der Waals surface area contributed by atoms with E-state index in [1.807, 2.05) is 0 Å². The van der Waals surface area contributed by atoms with Gasteiger partial charge in [0, 0.05) is 0 Å². The van der Waals surface area contributed by atoms with Crippen molar-refractivity contribution in [1.29, 1.82) is 0 Å². The molecule has 0 aromatic carbocycles. The van der Waals surface area contributed by atoms with Gasteiger partial charge in [-0.05, 0) is 38.9 Å². The first-order valence-electron chi connectivity index (χ1n) is 4.57. The minimum absolute atomic E-state index is 0. The van der Waals surface area contributed by atoms with Gasteiger partial charge in [-0.2, -0.15) is 0 Å². The van der Waals surface area contributed by atoms with E-state index >= 15 is 0 Å². The Morgan fingerprint density at radius 2 is 1.00 bits per heavy atom. The van der Waals surface area contributed by atoms with Crippen molar-refractivity contribution in [2.45, 2.75) is 40.0 Å². The number of hydrogen-bond donors (Lipinski definition) is 0. The largest absolute Gasteiger partial charge is 1.00 e. The van der Waals surface area contributed by atoms with Gasteiger partial charge < -0.3 is 17.3 Å². The van der Waals surface area contributed by atoms with E-state index in [0.29, 0.717) is 0 Å². The molecule has 12 heavy (non-hydrogen) atoms. The van der Waals surface area contributed by atoms with E-state index in [-0.39, 0.29) is 42.0 Å². The van der Waals surface area contributed by atoms with Crippen LogP contribution in [-0.4, -0.2) is 24.5 Å². The summed E-state index contributed by atoms with van der Waals surface area (Å²) in [6.45, 7) is 10.6. The van der Waals surface area contributed by atoms with Crippen LogP contribution in [0, 0.1) is 0 Å². The van der Waals surface area contributed by atoms with Crippen LogP contribution in [0.3, 0.4) is 0 Å². The van der Waals surface area contributed by atoms with Crippen molar-refractivity contribution in [3.8, 4) is 0 Å². The maximum atomic E-state index is 2.54. The van der Waals surface area contributed by atoms with Crippen molar-refractivity contribution in [2.24, 2.45) is 0 Å². The van der Waals surface area contributed by atoms with Crippen LogP contribution in [0.25, 0.3) is 0 Å². The Bertz CT molecular complexity index is 57.3. The van der Waals surface area contributed by atoms with E-state index < -0.39 is 0 Å². The minimum Gasteiger partial charge on any atom is -1.00 e. The summed E-state index contributed by atoms with van der Waals surface area (Å²) in [5.74, 6) is 0. The number of rotatable bonds is 6. The summed E-state index contributed by atoms with van der Waals surface area (Å²) in [5, 5.41) is 0. The molecule has 0 aliphatic carbocycles. The fraction of sp³-hybridized carbons (Fsp3) is 1.00. The van der Waals surface area contributed by atoms with Gasteiger partial charge in [0.1, 0.15) is 0 Å². The molecule has 0 fully saturated rings. The molecule has 0 amide bonds. The molecule has 0 aromatic heterocycles. The van der Waals surface area contributed by atoms with E-state index in [2.05, 4.69) is 25.7 Å². The molecule has 0 saturated carbocycles. The van der Waals surface area contributed by atoms with Gasteiger partial charge >= 0.3 is 29.6 Å². The van der Waals surface area contributed by atoms with Crippen molar-refractivity contribution in [1.82, 2.24) is 4.90 Å². The molecular weight excluding hydrogens is 181 g/mol. The fourth-order valence-corrected chi connectivity index (χ4v) is 1.28. The van der Waals surface area contributed by atoms with Crippen molar-refractivity contribution in [2.75, 3.05) is 19.6 Å². The van der Waals surface area contributed by atoms with E-state index in [9.17, 15) is 0 Å². The van der Waals surface area contributed by atoms with Crippen molar-refractivity contribution < 1.29 is 42.0 Å².